The van der Waals surface area contributed by atoms with Gasteiger partial charge >= 0.3 is 0 Å². The van der Waals surface area contributed by atoms with Gasteiger partial charge in [-0.1, -0.05) is 19.3 Å². The van der Waals surface area contributed by atoms with Crippen LogP contribution in [0.15, 0.2) is 27.8 Å². The summed E-state index contributed by atoms with van der Waals surface area (Å²) in [6, 6.07) is 4.79. The van der Waals surface area contributed by atoms with Crippen LogP contribution in [0.1, 0.15) is 63.5 Å². The number of guanidine groups is 1. The number of nitrogens with zero attached hydrogens (tertiary/aromatic N) is 2. The van der Waals surface area contributed by atoms with Gasteiger partial charge in [-0.15, -0.1) is 0 Å². The van der Waals surface area contributed by atoms with Gasteiger partial charge in [0.25, 0.3) is 0 Å². The largest absolute Gasteiger partial charge is 0.469 e. The van der Waals surface area contributed by atoms with Crippen LogP contribution < -0.4 is 10.6 Å². The van der Waals surface area contributed by atoms with E-state index < -0.39 is 0 Å². The number of hydrogen-bond donors (Lipinski definition) is 2. The molecule has 1 aromatic rings. The first-order chi connectivity index (χ1) is 14.7. The molecule has 4 unspecified atom stereocenters. The Morgan fingerprint density at radius 3 is 2.77 bits per heavy atom. The van der Waals surface area contributed by atoms with E-state index in [2.05, 4.69) is 15.5 Å². The maximum absolute atomic E-state index is 12.8. The Morgan fingerprint density at radius 2 is 2.03 bits per heavy atom. The number of amides is 1. The van der Waals surface area contributed by atoms with E-state index >= 15 is 0 Å². The second-order valence-electron chi connectivity index (χ2n) is 9.88. The third kappa shape index (κ3) is 4.52. The van der Waals surface area contributed by atoms with Gasteiger partial charge in [0.2, 0.25) is 5.91 Å². The Morgan fingerprint density at radius 1 is 1.13 bits per heavy atom. The van der Waals surface area contributed by atoms with Crippen molar-refractivity contribution in [2.75, 3.05) is 19.6 Å². The zero-order chi connectivity index (χ0) is 20.3. The summed E-state index contributed by atoms with van der Waals surface area (Å²) in [6.07, 6.45) is 13.6. The Bertz CT molecular complexity index is 740. The van der Waals surface area contributed by atoms with Crippen molar-refractivity contribution in [3.8, 4) is 0 Å². The van der Waals surface area contributed by atoms with Gasteiger partial charge in [0.05, 0.1) is 6.26 Å². The van der Waals surface area contributed by atoms with Crippen LogP contribution in [0.25, 0.3) is 0 Å². The molecule has 3 saturated carbocycles. The van der Waals surface area contributed by atoms with E-state index in [0.29, 0.717) is 24.5 Å². The number of rotatable bonds is 6. The molecule has 164 valence electrons. The van der Waals surface area contributed by atoms with Crippen LogP contribution in [0, 0.1) is 17.8 Å². The van der Waals surface area contributed by atoms with Crippen molar-refractivity contribution in [2.45, 2.75) is 76.3 Å². The van der Waals surface area contributed by atoms with Crippen molar-refractivity contribution in [1.29, 1.82) is 0 Å². The normalized spacial score (nSPS) is 31.6. The first-order valence-corrected chi connectivity index (χ1v) is 12.1. The highest BCUT2D eigenvalue weighted by Gasteiger charge is 2.40. The smallest absolute Gasteiger partial charge is 0.225 e. The molecule has 2 N–H and O–H groups in total. The summed E-state index contributed by atoms with van der Waals surface area (Å²) >= 11 is 0. The lowest BCUT2D eigenvalue weighted by Crippen LogP contribution is -2.50. The van der Waals surface area contributed by atoms with E-state index in [1.807, 2.05) is 12.1 Å². The second-order valence-corrected chi connectivity index (χ2v) is 9.88. The number of fused-ring (bicyclic) bond motifs is 2. The first kappa shape index (κ1) is 20.0. The Labute approximate surface area is 179 Å². The predicted octanol–water partition coefficient (Wildman–Crippen LogP) is 3.34. The molecule has 6 nitrogen and oxygen atoms in total. The van der Waals surface area contributed by atoms with E-state index in [9.17, 15) is 4.79 Å². The van der Waals surface area contributed by atoms with Gasteiger partial charge in [-0.05, 0) is 62.5 Å². The molecule has 30 heavy (non-hydrogen) atoms. The van der Waals surface area contributed by atoms with Crippen LogP contribution in [0.3, 0.4) is 0 Å². The van der Waals surface area contributed by atoms with Gasteiger partial charge in [0, 0.05) is 44.1 Å². The third-order valence-electron chi connectivity index (χ3n) is 7.81. The van der Waals surface area contributed by atoms with Gasteiger partial charge in [-0.3, -0.25) is 9.79 Å². The number of carbonyl (C=O) groups is 1. The molecule has 2 heterocycles. The Balaban J connectivity index is 1.18. The van der Waals surface area contributed by atoms with Gasteiger partial charge in [0.1, 0.15) is 5.76 Å². The molecule has 0 radical (unpaired) electrons. The molecule has 0 aromatic carbocycles. The van der Waals surface area contributed by atoms with Gasteiger partial charge in [-0.25, -0.2) is 0 Å². The highest BCUT2D eigenvalue weighted by Crippen LogP contribution is 2.44. The highest BCUT2D eigenvalue weighted by molar-refractivity contribution is 5.82. The molecule has 6 heteroatoms. The van der Waals surface area contributed by atoms with Crippen molar-refractivity contribution < 1.29 is 9.21 Å². The van der Waals surface area contributed by atoms with Crippen LogP contribution in [-0.2, 0) is 11.2 Å². The minimum Gasteiger partial charge on any atom is -0.469 e. The molecule has 4 atom stereocenters. The van der Waals surface area contributed by atoms with E-state index in [1.54, 1.807) is 6.26 Å². The molecule has 1 saturated heterocycles. The number of likely N-dealkylation sites (tertiary alicyclic amines) is 1. The minimum atomic E-state index is 0.275. The topological polar surface area (TPSA) is 69.9 Å². The standard InChI is InChI=1S/C24H36N4O2/c29-23(18-4-1-2-5-18)28-12-10-20(16-28)26-24(25-11-9-21-6-3-13-30-21)27-22-15-17-7-8-19(22)14-17/h3,6,13,17-20,22H,1-2,4-5,7-12,14-16H2,(H2,25,26,27). The van der Waals surface area contributed by atoms with E-state index in [-0.39, 0.29) is 5.92 Å². The molecule has 3 aliphatic carbocycles. The average molecular weight is 413 g/mol. The quantitative estimate of drug-likeness (QED) is 0.555. The fraction of sp³-hybridized carbons (Fsp3) is 0.750. The molecule has 0 spiro atoms. The van der Waals surface area contributed by atoms with E-state index in [1.165, 1.54) is 38.5 Å². The maximum Gasteiger partial charge on any atom is 0.225 e. The van der Waals surface area contributed by atoms with E-state index in [0.717, 1.165) is 62.3 Å². The van der Waals surface area contributed by atoms with Crippen LogP contribution in [-0.4, -0.2) is 48.5 Å². The summed E-state index contributed by atoms with van der Waals surface area (Å²) in [5.41, 5.74) is 0. The molecule has 1 aromatic heterocycles. The lowest BCUT2D eigenvalue weighted by atomic mass is 9.95. The number of carbonyl (C=O) groups excluding carboxylic acids is 1. The first-order valence-electron chi connectivity index (χ1n) is 12.1. The number of hydrogen-bond acceptors (Lipinski definition) is 3. The molecule has 4 aliphatic rings. The van der Waals surface area contributed by atoms with Crippen LogP contribution in [0.5, 0.6) is 0 Å². The lowest BCUT2D eigenvalue weighted by molar-refractivity contribution is -0.134. The number of nitrogens with one attached hydrogen (secondary N) is 2. The molecule has 2 bridgehead atoms. The van der Waals surface area contributed by atoms with Gasteiger partial charge in [0.15, 0.2) is 5.96 Å². The van der Waals surface area contributed by atoms with Crippen molar-refractivity contribution in [3.05, 3.63) is 24.2 Å². The van der Waals surface area contributed by atoms with Gasteiger partial charge in [-0.2, -0.15) is 0 Å². The van der Waals surface area contributed by atoms with Crippen molar-refractivity contribution in [1.82, 2.24) is 15.5 Å². The van der Waals surface area contributed by atoms with Crippen molar-refractivity contribution >= 4 is 11.9 Å². The Kier molecular flexibility index (Phi) is 6.00. The zero-order valence-corrected chi connectivity index (χ0v) is 18.0. The SMILES string of the molecule is O=C(C1CCCC1)N1CCC(NC(=NCCc2ccco2)NC2CC3CCC2C3)C1. The zero-order valence-electron chi connectivity index (χ0n) is 18.0. The van der Waals surface area contributed by atoms with Gasteiger partial charge < -0.3 is 20.0 Å². The molecular formula is C24H36N4O2. The van der Waals surface area contributed by atoms with Crippen molar-refractivity contribution in [2.24, 2.45) is 22.7 Å². The molecule has 5 rings (SSSR count). The number of aliphatic imine (C=N–C) groups is 1. The summed E-state index contributed by atoms with van der Waals surface area (Å²) in [4.78, 5) is 19.8. The monoisotopic (exact) mass is 412 g/mol. The van der Waals surface area contributed by atoms with Crippen LogP contribution in [0.4, 0.5) is 0 Å². The Hall–Kier alpha value is -1.98. The minimum absolute atomic E-state index is 0.275. The molecule has 4 fully saturated rings. The summed E-state index contributed by atoms with van der Waals surface area (Å²) in [7, 11) is 0. The number of furan rings is 1. The van der Waals surface area contributed by atoms with Crippen LogP contribution in [0.2, 0.25) is 0 Å². The molecule has 1 aliphatic heterocycles. The second kappa shape index (κ2) is 9.03. The molecule has 1 amide bonds. The lowest BCUT2D eigenvalue weighted by Gasteiger charge is -2.27. The molecular weight excluding hydrogens is 376 g/mol. The highest BCUT2D eigenvalue weighted by atomic mass is 16.3. The van der Waals surface area contributed by atoms with Crippen molar-refractivity contribution in [3.63, 3.8) is 0 Å². The summed E-state index contributed by atoms with van der Waals surface area (Å²) in [6.45, 7) is 2.40. The summed E-state index contributed by atoms with van der Waals surface area (Å²) < 4.78 is 5.46. The van der Waals surface area contributed by atoms with E-state index in [4.69, 9.17) is 9.41 Å². The summed E-state index contributed by atoms with van der Waals surface area (Å²) in [5.74, 6) is 4.27. The fourth-order valence-corrected chi connectivity index (χ4v) is 6.17. The average Bonchev–Trinajstić information content (AvgIpc) is 3.57. The summed E-state index contributed by atoms with van der Waals surface area (Å²) in [5, 5.41) is 7.43. The maximum atomic E-state index is 12.8. The predicted molar refractivity (Wildman–Crippen MR) is 117 cm³/mol. The third-order valence-corrected chi connectivity index (χ3v) is 7.81. The fourth-order valence-electron chi connectivity index (χ4n) is 6.17. The van der Waals surface area contributed by atoms with Crippen LogP contribution >= 0.6 is 0 Å².